The van der Waals surface area contributed by atoms with Gasteiger partial charge in [-0.2, -0.15) is 5.10 Å². The molecule has 2 fully saturated rings. The Kier molecular flexibility index (Phi) is 7.67. The molecule has 2 aromatic carbocycles. The van der Waals surface area contributed by atoms with Crippen LogP contribution in [0.25, 0.3) is 10.9 Å². The fourth-order valence-corrected chi connectivity index (χ4v) is 4.14. The number of hydrogen-bond donors (Lipinski definition) is 3. The Morgan fingerprint density at radius 1 is 1.08 bits per heavy atom. The number of rotatable bonds is 6. The summed E-state index contributed by atoms with van der Waals surface area (Å²) in [5, 5.41) is 14.8. The van der Waals surface area contributed by atoms with Crippen LogP contribution in [0.15, 0.2) is 54.9 Å². The highest BCUT2D eigenvalue weighted by molar-refractivity contribution is 6.35. The van der Waals surface area contributed by atoms with Gasteiger partial charge in [-0.05, 0) is 49.2 Å². The molecule has 10 nitrogen and oxygen atoms in total. The van der Waals surface area contributed by atoms with Crippen LogP contribution in [-0.2, 0) is 9.53 Å². The van der Waals surface area contributed by atoms with Crippen LogP contribution in [0.1, 0.15) is 12.8 Å². The number of methoxy groups -OCH3 is 1. The average molecular weight is 522 g/mol. The van der Waals surface area contributed by atoms with Crippen LogP contribution in [0.3, 0.4) is 0 Å². The number of carbonyl (C=O) groups is 1. The zero-order chi connectivity index (χ0) is 25.6. The summed E-state index contributed by atoms with van der Waals surface area (Å²) in [4.78, 5) is 22.0. The van der Waals surface area contributed by atoms with Gasteiger partial charge in [0.15, 0.2) is 17.5 Å². The molecule has 0 atom stereocenters. The summed E-state index contributed by atoms with van der Waals surface area (Å²) in [6.07, 6.45) is 3.57. The van der Waals surface area contributed by atoms with Crippen LogP contribution in [0.4, 0.5) is 23.1 Å². The summed E-state index contributed by atoms with van der Waals surface area (Å²) < 4.78 is 10.4. The number of H-pyrrole nitrogens is 1. The van der Waals surface area contributed by atoms with Gasteiger partial charge in [0.05, 0.1) is 25.8 Å². The van der Waals surface area contributed by atoms with E-state index in [9.17, 15) is 4.79 Å². The molecule has 0 unspecified atom stereocenters. The van der Waals surface area contributed by atoms with E-state index in [1.54, 1.807) is 7.11 Å². The third-order valence-corrected chi connectivity index (χ3v) is 6.44. The van der Waals surface area contributed by atoms with Gasteiger partial charge in [0, 0.05) is 30.1 Å². The van der Waals surface area contributed by atoms with Gasteiger partial charge in [-0.25, -0.2) is 9.97 Å². The molecule has 6 rings (SSSR count). The third kappa shape index (κ3) is 6.10. The lowest BCUT2D eigenvalue weighted by atomic mass is 10.2. The standard InChI is InChI=1S/C15H15ClN6O.C11H13NO2/c16-12-14(17-9-18-15(12)22-5-7-23-8-6-22)19-13-10-3-1-2-4-11(10)20-21-13;1-14-10-6-4-9(5-7-10)12-11(13)8-2-3-8/h1-4,9H,5-8H2,(H2,17,18,19,20,21);4-8H,2-3H2,1H3,(H,12,13). The summed E-state index contributed by atoms with van der Waals surface area (Å²) in [6, 6.07) is 15.2. The van der Waals surface area contributed by atoms with Crippen molar-refractivity contribution < 1.29 is 14.3 Å². The van der Waals surface area contributed by atoms with Crippen molar-refractivity contribution in [2.75, 3.05) is 48.9 Å². The Bertz CT molecular complexity index is 1350. The first kappa shape index (κ1) is 24.8. The molecule has 4 aromatic rings. The molecule has 2 aliphatic rings. The summed E-state index contributed by atoms with van der Waals surface area (Å²) in [5.41, 5.74) is 1.79. The molecule has 3 heterocycles. The summed E-state index contributed by atoms with van der Waals surface area (Å²) in [5.74, 6) is 3.13. The SMILES string of the molecule is COc1ccc(NC(=O)C2CC2)cc1.Clc1c(Nc2n[nH]c3ccccc23)ncnc1N1CCOCC1. The minimum absolute atomic E-state index is 0.134. The molecular formula is C26H28ClN7O3. The average Bonchev–Trinajstić information content (AvgIpc) is 3.73. The second kappa shape index (κ2) is 11.4. The van der Waals surface area contributed by atoms with E-state index < -0.39 is 0 Å². The largest absolute Gasteiger partial charge is 0.497 e. The van der Waals surface area contributed by atoms with E-state index in [0.29, 0.717) is 35.7 Å². The van der Waals surface area contributed by atoms with Crippen LogP contribution in [0.5, 0.6) is 5.75 Å². The van der Waals surface area contributed by atoms with Crippen LogP contribution in [0.2, 0.25) is 5.02 Å². The number of nitrogens with zero attached hydrogens (tertiary/aromatic N) is 4. The highest BCUT2D eigenvalue weighted by Gasteiger charge is 2.29. The summed E-state index contributed by atoms with van der Waals surface area (Å²) in [7, 11) is 1.62. The van der Waals surface area contributed by atoms with Gasteiger partial charge >= 0.3 is 0 Å². The lowest BCUT2D eigenvalue weighted by Crippen LogP contribution is -2.37. The van der Waals surface area contributed by atoms with E-state index >= 15 is 0 Å². The number of para-hydroxylation sites is 1. The zero-order valence-corrected chi connectivity index (χ0v) is 21.2. The maximum Gasteiger partial charge on any atom is 0.227 e. The van der Waals surface area contributed by atoms with E-state index in [4.69, 9.17) is 21.1 Å². The molecule has 37 heavy (non-hydrogen) atoms. The lowest BCUT2D eigenvalue weighted by molar-refractivity contribution is -0.117. The molecule has 192 valence electrons. The predicted octanol–water partition coefficient (Wildman–Crippen LogP) is 4.63. The van der Waals surface area contributed by atoms with Gasteiger partial charge in [0.25, 0.3) is 0 Å². The molecule has 1 aliphatic heterocycles. The number of morpholine rings is 1. The van der Waals surface area contributed by atoms with E-state index in [0.717, 1.165) is 48.3 Å². The topological polar surface area (TPSA) is 117 Å². The molecule has 1 saturated heterocycles. The zero-order valence-electron chi connectivity index (χ0n) is 20.4. The van der Waals surface area contributed by atoms with Crippen LogP contribution in [-0.4, -0.2) is 59.5 Å². The number of benzene rings is 2. The van der Waals surface area contributed by atoms with Crippen molar-refractivity contribution in [2.24, 2.45) is 5.92 Å². The first-order chi connectivity index (χ1) is 18.1. The van der Waals surface area contributed by atoms with Crippen molar-refractivity contribution in [1.82, 2.24) is 20.2 Å². The third-order valence-electron chi connectivity index (χ3n) is 6.09. The Morgan fingerprint density at radius 2 is 1.84 bits per heavy atom. The number of nitrogens with one attached hydrogen (secondary N) is 3. The number of carbonyl (C=O) groups excluding carboxylic acids is 1. The van der Waals surface area contributed by atoms with E-state index in [1.807, 2.05) is 48.5 Å². The number of anilines is 4. The van der Waals surface area contributed by atoms with Gasteiger partial charge < -0.3 is 25.0 Å². The number of aromatic amines is 1. The first-order valence-corrected chi connectivity index (χ1v) is 12.5. The van der Waals surface area contributed by atoms with Crippen molar-refractivity contribution in [3.63, 3.8) is 0 Å². The van der Waals surface area contributed by atoms with Crippen molar-refractivity contribution in [3.8, 4) is 5.75 Å². The molecular weight excluding hydrogens is 494 g/mol. The Labute approximate surface area is 219 Å². The Hall–Kier alpha value is -3.89. The second-order valence-corrected chi connectivity index (χ2v) is 9.07. The van der Waals surface area contributed by atoms with Crippen LogP contribution in [0, 0.1) is 5.92 Å². The quantitative estimate of drug-likeness (QED) is 0.336. The predicted molar refractivity (Wildman–Crippen MR) is 144 cm³/mol. The monoisotopic (exact) mass is 521 g/mol. The number of halogens is 1. The van der Waals surface area contributed by atoms with Gasteiger partial charge in [0.2, 0.25) is 5.91 Å². The maximum atomic E-state index is 11.4. The van der Waals surface area contributed by atoms with Crippen molar-refractivity contribution in [2.45, 2.75) is 12.8 Å². The van der Waals surface area contributed by atoms with E-state index in [-0.39, 0.29) is 11.8 Å². The van der Waals surface area contributed by atoms with E-state index in [2.05, 4.69) is 35.7 Å². The minimum atomic E-state index is 0.134. The normalized spacial score (nSPS) is 15.0. The second-order valence-electron chi connectivity index (χ2n) is 8.69. The lowest BCUT2D eigenvalue weighted by Gasteiger charge is -2.28. The molecule has 0 bridgehead atoms. The van der Waals surface area contributed by atoms with Crippen molar-refractivity contribution in [3.05, 3.63) is 59.9 Å². The molecule has 1 amide bonds. The fraction of sp³-hybridized carbons (Fsp3) is 0.308. The molecule has 0 radical (unpaired) electrons. The number of fused-ring (bicyclic) bond motifs is 1. The first-order valence-electron chi connectivity index (χ1n) is 12.1. The molecule has 1 aliphatic carbocycles. The van der Waals surface area contributed by atoms with Crippen LogP contribution >= 0.6 is 11.6 Å². The Balaban J connectivity index is 0.000000171. The number of amides is 1. The molecule has 3 N–H and O–H groups in total. The minimum Gasteiger partial charge on any atom is -0.497 e. The van der Waals surface area contributed by atoms with E-state index in [1.165, 1.54) is 6.33 Å². The highest BCUT2D eigenvalue weighted by Crippen LogP contribution is 2.33. The van der Waals surface area contributed by atoms with Gasteiger partial charge in [-0.3, -0.25) is 9.89 Å². The molecule has 11 heteroatoms. The highest BCUT2D eigenvalue weighted by atomic mass is 35.5. The van der Waals surface area contributed by atoms with Crippen molar-refractivity contribution >= 4 is 51.6 Å². The van der Waals surface area contributed by atoms with Crippen LogP contribution < -0.4 is 20.3 Å². The number of ether oxygens (including phenoxy) is 2. The smallest absolute Gasteiger partial charge is 0.227 e. The number of aromatic nitrogens is 4. The van der Waals surface area contributed by atoms with Gasteiger partial charge in [-0.1, -0.05) is 23.7 Å². The van der Waals surface area contributed by atoms with Gasteiger partial charge in [0.1, 0.15) is 17.1 Å². The molecule has 2 aromatic heterocycles. The maximum absolute atomic E-state index is 11.4. The summed E-state index contributed by atoms with van der Waals surface area (Å²) >= 11 is 6.50. The Morgan fingerprint density at radius 3 is 2.57 bits per heavy atom. The molecule has 0 spiro atoms. The molecule has 1 saturated carbocycles. The van der Waals surface area contributed by atoms with Crippen molar-refractivity contribution in [1.29, 1.82) is 0 Å². The number of hydrogen-bond acceptors (Lipinski definition) is 8. The fourth-order valence-electron chi connectivity index (χ4n) is 3.88. The van der Waals surface area contributed by atoms with Gasteiger partial charge in [-0.15, -0.1) is 0 Å². The summed E-state index contributed by atoms with van der Waals surface area (Å²) in [6.45, 7) is 2.88.